The lowest BCUT2D eigenvalue weighted by molar-refractivity contribution is -0.164. The van der Waals surface area contributed by atoms with Crippen molar-refractivity contribution in [2.24, 2.45) is 5.10 Å². The summed E-state index contributed by atoms with van der Waals surface area (Å²) in [5, 5.41) is 14.1. The van der Waals surface area contributed by atoms with Gasteiger partial charge in [0.25, 0.3) is 18.8 Å². The van der Waals surface area contributed by atoms with E-state index in [1.807, 2.05) is 0 Å². The topological polar surface area (TPSA) is 84.3 Å². The molecule has 7 nitrogen and oxygen atoms in total. The quantitative estimate of drug-likeness (QED) is 0.593. The molecule has 11 heteroatoms. The molecule has 0 saturated heterocycles. The number of rotatable bonds is 4. The second kappa shape index (κ2) is 7.69. The van der Waals surface area contributed by atoms with E-state index in [4.69, 9.17) is 9.47 Å². The fourth-order valence-corrected chi connectivity index (χ4v) is 3.77. The number of para-hydroxylation sites is 1. The SMILES string of the molecule is O=C(c1cc(-c2ccc3c(c2)OCO3)nc2ccccc12)N1N=C(C(F)F)CC1(O)C(F)F. The molecule has 33 heavy (non-hydrogen) atoms. The van der Waals surface area contributed by atoms with Gasteiger partial charge in [0.1, 0.15) is 5.71 Å². The number of ether oxygens (including phenoxy) is 2. The van der Waals surface area contributed by atoms with Crippen LogP contribution in [0.1, 0.15) is 16.8 Å². The van der Waals surface area contributed by atoms with Gasteiger partial charge in [-0.25, -0.2) is 22.5 Å². The van der Waals surface area contributed by atoms with Gasteiger partial charge in [-0.05, 0) is 30.3 Å². The number of fused-ring (bicyclic) bond motifs is 2. The Balaban J connectivity index is 1.65. The van der Waals surface area contributed by atoms with Crippen LogP contribution in [0.4, 0.5) is 17.6 Å². The minimum absolute atomic E-state index is 0.0460. The Hall–Kier alpha value is -3.73. The van der Waals surface area contributed by atoms with Gasteiger partial charge in [-0.3, -0.25) is 4.79 Å². The first-order valence-corrected chi connectivity index (χ1v) is 9.78. The van der Waals surface area contributed by atoms with Gasteiger partial charge in [0.05, 0.1) is 16.8 Å². The van der Waals surface area contributed by atoms with E-state index in [0.29, 0.717) is 28.3 Å². The Morgan fingerprint density at radius 3 is 2.58 bits per heavy atom. The van der Waals surface area contributed by atoms with E-state index >= 15 is 0 Å². The standard InChI is InChI=1S/C22H15F4N3O4/c23-19(24)16-9-22(31,21(25)26)29(28-16)20(30)13-8-15(27-14-4-2-1-3-12(13)14)11-5-6-17-18(7-11)33-10-32-17/h1-8,19,21,31H,9-10H2. The first kappa shape index (κ1) is 21.1. The zero-order valence-electron chi connectivity index (χ0n) is 16.7. The van der Waals surface area contributed by atoms with Crippen LogP contribution in [0, 0.1) is 0 Å². The minimum Gasteiger partial charge on any atom is -0.454 e. The molecule has 0 radical (unpaired) electrons. The molecular weight excluding hydrogens is 446 g/mol. The van der Waals surface area contributed by atoms with Crippen LogP contribution in [0.3, 0.4) is 0 Å². The highest BCUT2D eigenvalue weighted by molar-refractivity contribution is 6.08. The maximum absolute atomic E-state index is 13.7. The summed E-state index contributed by atoms with van der Waals surface area (Å²) in [5.74, 6) is -0.161. The van der Waals surface area contributed by atoms with E-state index in [9.17, 15) is 27.5 Å². The van der Waals surface area contributed by atoms with E-state index in [2.05, 4.69) is 10.1 Å². The minimum atomic E-state index is -3.53. The zero-order valence-corrected chi connectivity index (χ0v) is 16.7. The van der Waals surface area contributed by atoms with E-state index in [-0.39, 0.29) is 22.8 Å². The number of benzene rings is 2. The number of carbonyl (C=O) groups excluding carboxylic acids is 1. The molecule has 0 spiro atoms. The number of halogens is 4. The molecule has 3 aromatic rings. The molecule has 0 bridgehead atoms. The van der Waals surface area contributed by atoms with Gasteiger partial charge in [-0.2, -0.15) is 10.1 Å². The molecule has 1 N–H and O–H groups in total. The first-order valence-electron chi connectivity index (χ1n) is 9.78. The lowest BCUT2D eigenvalue weighted by atomic mass is 10.0. The summed E-state index contributed by atoms with van der Waals surface area (Å²) < 4.78 is 64.3. The van der Waals surface area contributed by atoms with Crippen LogP contribution in [0.25, 0.3) is 22.2 Å². The highest BCUT2D eigenvalue weighted by Crippen LogP contribution is 2.38. The van der Waals surface area contributed by atoms with Crippen molar-refractivity contribution in [1.29, 1.82) is 0 Å². The third-order valence-electron chi connectivity index (χ3n) is 5.45. The molecular formula is C22H15F4N3O4. The molecule has 0 aliphatic carbocycles. The average molecular weight is 461 g/mol. The van der Waals surface area contributed by atoms with Crippen molar-refractivity contribution in [3.63, 3.8) is 0 Å². The van der Waals surface area contributed by atoms with Gasteiger partial charge in [0.15, 0.2) is 11.5 Å². The summed E-state index contributed by atoms with van der Waals surface area (Å²) in [7, 11) is 0. The molecule has 2 aliphatic rings. The van der Waals surface area contributed by atoms with Crippen molar-refractivity contribution >= 4 is 22.5 Å². The maximum atomic E-state index is 13.7. The summed E-state index contributed by atoms with van der Waals surface area (Å²) in [6.07, 6.45) is -7.89. The first-order chi connectivity index (χ1) is 15.8. The van der Waals surface area contributed by atoms with Crippen molar-refractivity contribution in [2.75, 3.05) is 6.79 Å². The molecule has 0 saturated carbocycles. The lowest BCUT2D eigenvalue weighted by Crippen LogP contribution is -2.51. The second-order valence-electron chi connectivity index (χ2n) is 7.51. The van der Waals surface area contributed by atoms with E-state index in [1.165, 1.54) is 12.1 Å². The number of amides is 1. The summed E-state index contributed by atoms with van der Waals surface area (Å²) in [4.78, 5) is 17.8. The molecule has 2 aliphatic heterocycles. The van der Waals surface area contributed by atoms with Gasteiger partial charge >= 0.3 is 0 Å². The zero-order chi connectivity index (χ0) is 23.3. The van der Waals surface area contributed by atoms with Crippen LogP contribution in [0.15, 0.2) is 53.6 Å². The summed E-state index contributed by atoms with van der Waals surface area (Å²) in [5.41, 5.74) is -3.12. The number of carbonyl (C=O) groups is 1. The van der Waals surface area contributed by atoms with Crippen LogP contribution in [-0.2, 0) is 0 Å². The van der Waals surface area contributed by atoms with Gasteiger partial charge < -0.3 is 14.6 Å². The van der Waals surface area contributed by atoms with E-state index in [1.54, 1.807) is 36.4 Å². The van der Waals surface area contributed by atoms with Crippen molar-refractivity contribution in [1.82, 2.24) is 9.99 Å². The highest BCUT2D eigenvalue weighted by Gasteiger charge is 2.53. The monoisotopic (exact) mass is 461 g/mol. The van der Waals surface area contributed by atoms with Crippen molar-refractivity contribution < 1.29 is 36.9 Å². The van der Waals surface area contributed by atoms with Gasteiger partial charge in [-0.15, -0.1) is 0 Å². The largest absolute Gasteiger partial charge is 0.454 e. The Bertz CT molecular complexity index is 1300. The van der Waals surface area contributed by atoms with Crippen LogP contribution < -0.4 is 9.47 Å². The fraction of sp³-hybridized carbons (Fsp3) is 0.227. The molecule has 3 heterocycles. The Labute approximate surface area is 183 Å². The van der Waals surface area contributed by atoms with Crippen LogP contribution in [0.5, 0.6) is 11.5 Å². The molecule has 1 aromatic heterocycles. The molecule has 5 rings (SSSR count). The number of hydrogen-bond donors (Lipinski definition) is 1. The van der Waals surface area contributed by atoms with Crippen molar-refractivity contribution in [2.45, 2.75) is 25.0 Å². The van der Waals surface area contributed by atoms with Crippen LogP contribution >= 0.6 is 0 Å². The lowest BCUT2D eigenvalue weighted by Gasteiger charge is -2.30. The summed E-state index contributed by atoms with van der Waals surface area (Å²) >= 11 is 0. The Kier molecular flexibility index (Phi) is 4.93. The Morgan fingerprint density at radius 2 is 1.82 bits per heavy atom. The van der Waals surface area contributed by atoms with Crippen LogP contribution in [0.2, 0.25) is 0 Å². The van der Waals surface area contributed by atoms with Crippen molar-refractivity contribution in [3.05, 3.63) is 54.1 Å². The van der Waals surface area contributed by atoms with Crippen molar-refractivity contribution in [3.8, 4) is 22.8 Å². The van der Waals surface area contributed by atoms with Crippen LogP contribution in [-0.4, -0.2) is 52.1 Å². The molecule has 1 amide bonds. The second-order valence-corrected chi connectivity index (χ2v) is 7.51. The number of pyridine rings is 1. The smallest absolute Gasteiger partial charge is 0.287 e. The summed E-state index contributed by atoms with van der Waals surface area (Å²) in [6, 6.07) is 12.7. The highest BCUT2D eigenvalue weighted by atomic mass is 19.3. The van der Waals surface area contributed by atoms with Gasteiger partial charge in [0, 0.05) is 17.4 Å². The average Bonchev–Trinajstić information content (AvgIpc) is 3.42. The summed E-state index contributed by atoms with van der Waals surface area (Å²) in [6.45, 7) is 0.0549. The molecule has 1 atom stereocenters. The third-order valence-corrected chi connectivity index (χ3v) is 5.45. The van der Waals surface area contributed by atoms with E-state index in [0.717, 1.165) is 0 Å². The fourth-order valence-electron chi connectivity index (χ4n) is 3.77. The molecule has 0 fully saturated rings. The maximum Gasteiger partial charge on any atom is 0.287 e. The third kappa shape index (κ3) is 3.44. The number of aromatic nitrogens is 1. The van der Waals surface area contributed by atoms with E-state index < -0.39 is 36.6 Å². The van der Waals surface area contributed by atoms with Gasteiger partial charge in [-0.1, -0.05) is 18.2 Å². The predicted molar refractivity (Wildman–Crippen MR) is 108 cm³/mol. The number of aliphatic hydroxyl groups is 1. The number of hydrogen-bond acceptors (Lipinski definition) is 6. The number of alkyl halides is 4. The molecule has 1 unspecified atom stereocenters. The van der Waals surface area contributed by atoms with Gasteiger partial charge in [0.2, 0.25) is 12.5 Å². The molecule has 170 valence electrons. The predicted octanol–water partition coefficient (Wildman–Crippen LogP) is 4.05. The normalized spacial score (nSPS) is 19.6. The number of nitrogens with zero attached hydrogens (tertiary/aromatic N) is 3. The Morgan fingerprint density at radius 1 is 1.06 bits per heavy atom. The molecule has 2 aromatic carbocycles. The number of hydrazone groups is 1.